The zero-order chi connectivity index (χ0) is 16.9. The van der Waals surface area contributed by atoms with Crippen molar-refractivity contribution >= 4 is 45.0 Å². The van der Waals surface area contributed by atoms with E-state index in [0.29, 0.717) is 15.5 Å². The van der Waals surface area contributed by atoms with Gasteiger partial charge in [-0.15, -0.1) is 10.2 Å². The van der Waals surface area contributed by atoms with Crippen molar-refractivity contribution in [2.75, 3.05) is 5.32 Å². The average molecular weight is 379 g/mol. The second-order valence-corrected chi connectivity index (χ2v) is 8.39. The lowest BCUT2D eigenvalue weighted by molar-refractivity contribution is 0.579. The summed E-state index contributed by atoms with van der Waals surface area (Å²) < 4.78 is 27.2. The highest BCUT2D eigenvalue weighted by Gasteiger charge is 2.34. The van der Waals surface area contributed by atoms with E-state index in [1.807, 2.05) is 30.3 Å². The van der Waals surface area contributed by atoms with Crippen molar-refractivity contribution in [2.45, 2.75) is 21.9 Å². The third kappa shape index (κ3) is 2.38. The van der Waals surface area contributed by atoms with Crippen LogP contribution in [0.15, 0.2) is 57.4 Å². The SMILES string of the molecule is Cc1cc2c(cc1Cl)Sc1nnc(Nc3ccccc3)n1S2(=O)=O. The molecule has 3 aromatic rings. The van der Waals surface area contributed by atoms with Crippen molar-refractivity contribution in [2.24, 2.45) is 0 Å². The molecule has 9 heteroatoms. The molecule has 24 heavy (non-hydrogen) atoms. The molecule has 0 spiro atoms. The molecule has 0 atom stereocenters. The van der Waals surface area contributed by atoms with Crippen molar-refractivity contribution < 1.29 is 8.42 Å². The molecule has 0 bridgehead atoms. The van der Waals surface area contributed by atoms with E-state index < -0.39 is 10.0 Å². The minimum absolute atomic E-state index is 0.155. The number of nitrogens with zero attached hydrogens (tertiary/aromatic N) is 3. The maximum atomic E-state index is 13.0. The van der Waals surface area contributed by atoms with Crippen LogP contribution in [-0.4, -0.2) is 22.6 Å². The van der Waals surface area contributed by atoms with Gasteiger partial charge in [-0.1, -0.05) is 29.8 Å². The molecule has 122 valence electrons. The first-order chi connectivity index (χ1) is 11.5. The Hall–Kier alpha value is -2.03. The molecule has 1 aliphatic rings. The van der Waals surface area contributed by atoms with E-state index in [9.17, 15) is 8.42 Å². The van der Waals surface area contributed by atoms with E-state index in [2.05, 4.69) is 15.5 Å². The van der Waals surface area contributed by atoms with E-state index in [4.69, 9.17) is 11.6 Å². The molecule has 2 aromatic carbocycles. The number of aromatic nitrogens is 3. The first-order valence-electron chi connectivity index (χ1n) is 6.98. The van der Waals surface area contributed by atoms with Crippen LogP contribution in [0.5, 0.6) is 0 Å². The van der Waals surface area contributed by atoms with Gasteiger partial charge in [0.05, 0.1) is 0 Å². The lowest BCUT2D eigenvalue weighted by Gasteiger charge is -2.19. The number of hydrogen-bond donors (Lipinski definition) is 1. The summed E-state index contributed by atoms with van der Waals surface area (Å²) in [6, 6.07) is 12.4. The average Bonchev–Trinajstić information content (AvgIpc) is 2.94. The Morgan fingerprint density at radius 1 is 1.17 bits per heavy atom. The third-order valence-corrected chi connectivity index (χ3v) is 6.95. The molecule has 0 aliphatic carbocycles. The van der Waals surface area contributed by atoms with Gasteiger partial charge in [-0.3, -0.25) is 0 Å². The summed E-state index contributed by atoms with van der Waals surface area (Å²) in [5, 5.41) is 11.8. The number of benzene rings is 2. The predicted octanol–water partition coefficient (Wildman–Crippen LogP) is 3.69. The topological polar surface area (TPSA) is 76.9 Å². The summed E-state index contributed by atoms with van der Waals surface area (Å²) >= 11 is 7.34. The van der Waals surface area contributed by atoms with Gasteiger partial charge in [0.2, 0.25) is 11.1 Å². The van der Waals surface area contributed by atoms with Crippen LogP contribution in [0.3, 0.4) is 0 Å². The summed E-state index contributed by atoms with van der Waals surface area (Å²) in [7, 11) is -3.80. The van der Waals surface area contributed by atoms with Crippen LogP contribution >= 0.6 is 23.4 Å². The van der Waals surface area contributed by atoms with Gasteiger partial charge in [0, 0.05) is 15.6 Å². The minimum atomic E-state index is -3.80. The van der Waals surface area contributed by atoms with Crippen LogP contribution < -0.4 is 5.32 Å². The Labute approximate surface area is 147 Å². The molecule has 6 nitrogen and oxygen atoms in total. The minimum Gasteiger partial charge on any atom is -0.323 e. The van der Waals surface area contributed by atoms with Crippen molar-refractivity contribution in [3.63, 3.8) is 0 Å². The fourth-order valence-electron chi connectivity index (χ4n) is 2.38. The van der Waals surface area contributed by atoms with Gasteiger partial charge in [-0.25, -0.2) is 8.42 Å². The van der Waals surface area contributed by atoms with Crippen molar-refractivity contribution in [1.29, 1.82) is 0 Å². The highest BCUT2D eigenvalue weighted by atomic mass is 35.5. The zero-order valence-electron chi connectivity index (χ0n) is 12.4. The Balaban J connectivity index is 1.85. The molecule has 0 radical (unpaired) electrons. The Kier molecular flexibility index (Phi) is 3.56. The molecule has 1 aliphatic heterocycles. The monoisotopic (exact) mass is 378 g/mol. The van der Waals surface area contributed by atoms with Gasteiger partial charge >= 0.3 is 0 Å². The van der Waals surface area contributed by atoms with Crippen LogP contribution in [-0.2, 0) is 10.0 Å². The van der Waals surface area contributed by atoms with Gasteiger partial charge in [-0.2, -0.15) is 3.97 Å². The van der Waals surface area contributed by atoms with E-state index >= 15 is 0 Å². The molecule has 2 heterocycles. The quantitative estimate of drug-likeness (QED) is 0.573. The van der Waals surface area contributed by atoms with Crippen LogP contribution in [0.1, 0.15) is 5.56 Å². The molecular weight excluding hydrogens is 368 g/mol. The Morgan fingerprint density at radius 3 is 2.67 bits per heavy atom. The zero-order valence-corrected chi connectivity index (χ0v) is 14.8. The lowest BCUT2D eigenvalue weighted by atomic mass is 10.2. The normalized spacial score (nSPS) is 14.8. The van der Waals surface area contributed by atoms with Gasteiger partial charge in [0.1, 0.15) is 4.90 Å². The van der Waals surface area contributed by atoms with E-state index in [-0.39, 0.29) is 16.0 Å². The molecule has 4 rings (SSSR count). The molecule has 0 unspecified atom stereocenters. The second kappa shape index (κ2) is 5.51. The molecule has 0 amide bonds. The number of para-hydroxylation sites is 1. The standard InChI is InChI=1S/C15H11ClN4O2S2/c1-9-7-13-12(8-11(9)16)23-15-19-18-14(20(15)24(13,21)22)17-10-5-3-2-4-6-10/h2-8H,1H3,(H,17,18). The van der Waals surface area contributed by atoms with Gasteiger partial charge in [0.25, 0.3) is 10.0 Å². The number of hydrogen-bond acceptors (Lipinski definition) is 6. The third-order valence-electron chi connectivity index (χ3n) is 3.57. The fourth-order valence-corrected chi connectivity index (χ4v) is 5.63. The van der Waals surface area contributed by atoms with Crippen LogP contribution in [0.25, 0.3) is 0 Å². The number of fused-ring (bicyclic) bond motifs is 2. The first kappa shape index (κ1) is 15.5. The number of halogens is 1. The smallest absolute Gasteiger partial charge is 0.273 e. The second-order valence-electron chi connectivity index (χ2n) is 5.22. The van der Waals surface area contributed by atoms with Crippen molar-refractivity contribution in [3.05, 3.63) is 53.1 Å². The molecule has 0 fully saturated rings. The highest BCUT2D eigenvalue weighted by molar-refractivity contribution is 8.01. The van der Waals surface area contributed by atoms with Crippen LogP contribution in [0.2, 0.25) is 5.02 Å². The summed E-state index contributed by atoms with van der Waals surface area (Å²) in [5.41, 5.74) is 1.43. The van der Waals surface area contributed by atoms with E-state index in [1.165, 1.54) is 11.8 Å². The van der Waals surface area contributed by atoms with Crippen LogP contribution in [0.4, 0.5) is 11.6 Å². The molecule has 1 aromatic heterocycles. The number of aryl methyl sites for hydroxylation is 1. The Bertz CT molecular complexity index is 1050. The maximum Gasteiger partial charge on any atom is 0.273 e. The van der Waals surface area contributed by atoms with E-state index in [0.717, 1.165) is 9.66 Å². The number of nitrogens with one attached hydrogen (secondary N) is 1. The number of anilines is 2. The van der Waals surface area contributed by atoms with Crippen molar-refractivity contribution in [1.82, 2.24) is 14.2 Å². The van der Waals surface area contributed by atoms with Gasteiger partial charge < -0.3 is 5.32 Å². The van der Waals surface area contributed by atoms with E-state index in [1.54, 1.807) is 19.1 Å². The molecule has 1 N–H and O–H groups in total. The Morgan fingerprint density at radius 2 is 1.92 bits per heavy atom. The fraction of sp³-hybridized carbons (Fsp3) is 0.0667. The van der Waals surface area contributed by atoms with Crippen molar-refractivity contribution in [3.8, 4) is 0 Å². The first-order valence-corrected chi connectivity index (χ1v) is 9.61. The summed E-state index contributed by atoms with van der Waals surface area (Å²) in [6.45, 7) is 1.77. The maximum absolute atomic E-state index is 13.0. The number of rotatable bonds is 2. The summed E-state index contributed by atoms with van der Waals surface area (Å²) in [4.78, 5) is 0.759. The summed E-state index contributed by atoms with van der Waals surface area (Å²) in [5.74, 6) is 0.155. The summed E-state index contributed by atoms with van der Waals surface area (Å²) in [6.07, 6.45) is 0. The highest BCUT2D eigenvalue weighted by Crippen LogP contribution is 2.42. The van der Waals surface area contributed by atoms with Gasteiger partial charge in [-0.05, 0) is 48.5 Å². The molecule has 0 saturated carbocycles. The molecule has 0 saturated heterocycles. The lowest BCUT2D eigenvalue weighted by Crippen LogP contribution is -2.20. The van der Waals surface area contributed by atoms with Crippen LogP contribution in [0, 0.1) is 6.92 Å². The largest absolute Gasteiger partial charge is 0.323 e. The van der Waals surface area contributed by atoms with Gasteiger partial charge in [0.15, 0.2) is 0 Å². The predicted molar refractivity (Wildman–Crippen MR) is 92.6 cm³/mol. The molecular formula is C15H11ClN4O2S2.